The van der Waals surface area contributed by atoms with Crippen LogP contribution < -0.4 is 0 Å². The van der Waals surface area contributed by atoms with E-state index in [2.05, 4.69) is 0 Å². The van der Waals surface area contributed by atoms with E-state index >= 15 is 0 Å². The Balaban J connectivity index is 3.08. The smallest absolute Gasteiger partial charge is 0.340 e. The van der Waals surface area contributed by atoms with Crippen molar-refractivity contribution in [1.82, 2.24) is 0 Å². The van der Waals surface area contributed by atoms with Gasteiger partial charge in [-0.2, -0.15) is 0 Å². The van der Waals surface area contributed by atoms with Crippen molar-refractivity contribution in [3.8, 4) is 5.06 Å². The molecule has 1 aromatic heterocycles. The van der Waals surface area contributed by atoms with Crippen LogP contribution in [0.25, 0.3) is 0 Å². The number of hydrogen-bond donors (Lipinski definition) is 1. The highest BCUT2D eigenvalue weighted by molar-refractivity contribution is 7.12. The van der Waals surface area contributed by atoms with Crippen LogP contribution in [0.2, 0.25) is 0 Å². The molecule has 0 unspecified atom stereocenters. The molecule has 0 amide bonds. The Labute approximate surface area is 55.2 Å². The lowest BCUT2D eigenvalue weighted by Crippen LogP contribution is -1.91. The summed E-state index contributed by atoms with van der Waals surface area (Å²) in [6, 6.07) is 1.30. The molecule has 0 fully saturated rings. The molecule has 0 bridgehead atoms. The first-order valence-corrected chi connectivity index (χ1v) is 3.07. The van der Waals surface area contributed by atoms with E-state index in [1.54, 1.807) is 0 Å². The summed E-state index contributed by atoms with van der Waals surface area (Å²) in [6.45, 7) is 0. The molecule has 0 aliphatic heterocycles. The molecule has 1 N–H and O–H groups in total. The Kier molecular flexibility index (Phi) is 1.40. The number of hydrogen-bond acceptors (Lipinski definition) is 2. The van der Waals surface area contributed by atoms with Gasteiger partial charge < -0.3 is 5.11 Å². The SMILES string of the molecule is [O]c1sccc1C(=O)O. The van der Waals surface area contributed by atoms with Gasteiger partial charge in [-0.15, -0.1) is 11.3 Å². The van der Waals surface area contributed by atoms with Crippen LogP contribution in [0.15, 0.2) is 11.4 Å². The second kappa shape index (κ2) is 2.06. The largest absolute Gasteiger partial charge is 0.478 e. The van der Waals surface area contributed by atoms with E-state index in [0.717, 1.165) is 11.3 Å². The monoisotopic (exact) mass is 143 g/mol. The van der Waals surface area contributed by atoms with Gasteiger partial charge in [-0.1, -0.05) is 0 Å². The molecule has 0 saturated carbocycles. The van der Waals surface area contributed by atoms with Crippen LogP contribution in [0, 0.1) is 0 Å². The molecular weight excluding hydrogens is 140 g/mol. The fourth-order valence-electron chi connectivity index (χ4n) is 0.454. The van der Waals surface area contributed by atoms with E-state index in [9.17, 15) is 9.90 Å². The lowest BCUT2D eigenvalue weighted by atomic mass is 10.3. The lowest BCUT2D eigenvalue weighted by molar-refractivity contribution is 0.0693. The number of carboxylic acids is 1. The van der Waals surface area contributed by atoms with E-state index in [1.807, 2.05) is 0 Å². The zero-order valence-electron chi connectivity index (χ0n) is 4.33. The van der Waals surface area contributed by atoms with Gasteiger partial charge in [0.2, 0.25) is 5.06 Å². The summed E-state index contributed by atoms with van der Waals surface area (Å²) in [5.41, 5.74) is -0.139. The summed E-state index contributed by atoms with van der Waals surface area (Å²) in [5, 5.41) is 19.8. The van der Waals surface area contributed by atoms with Crippen molar-refractivity contribution in [2.75, 3.05) is 0 Å². The molecule has 0 saturated heterocycles. The Morgan fingerprint density at radius 1 is 1.67 bits per heavy atom. The number of rotatable bonds is 1. The minimum absolute atomic E-state index is 0.139. The first-order chi connectivity index (χ1) is 4.22. The van der Waals surface area contributed by atoms with Gasteiger partial charge >= 0.3 is 5.97 Å². The van der Waals surface area contributed by atoms with Crippen LogP contribution in [-0.4, -0.2) is 11.1 Å². The van der Waals surface area contributed by atoms with Gasteiger partial charge in [0.1, 0.15) is 5.56 Å². The molecule has 0 atom stereocenters. The Bertz CT molecular complexity index is 228. The molecule has 0 spiro atoms. The van der Waals surface area contributed by atoms with E-state index < -0.39 is 5.97 Å². The molecule has 1 aromatic rings. The van der Waals surface area contributed by atoms with Crippen LogP contribution in [0.4, 0.5) is 0 Å². The topological polar surface area (TPSA) is 57.2 Å². The van der Waals surface area contributed by atoms with Gasteiger partial charge in [-0.3, -0.25) is 5.11 Å². The highest BCUT2D eigenvalue weighted by Gasteiger charge is 2.10. The molecule has 1 heterocycles. The Hall–Kier alpha value is -1.03. The van der Waals surface area contributed by atoms with Crippen LogP contribution in [0.1, 0.15) is 10.4 Å². The number of carboxylic acid groups (broad SMARTS) is 1. The Morgan fingerprint density at radius 2 is 2.33 bits per heavy atom. The van der Waals surface area contributed by atoms with Crippen LogP contribution >= 0.6 is 11.3 Å². The quantitative estimate of drug-likeness (QED) is 0.648. The minimum atomic E-state index is -1.15. The highest BCUT2D eigenvalue weighted by Crippen LogP contribution is 2.24. The summed E-state index contributed by atoms with van der Waals surface area (Å²) < 4.78 is 0. The van der Waals surface area contributed by atoms with Gasteiger partial charge in [-0.25, -0.2) is 4.79 Å². The van der Waals surface area contributed by atoms with E-state index in [4.69, 9.17) is 5.11 Å². The molecule has 1 rings (SSSR count). The average Bonchev–Trinajstić information content (AvgIpc) is 2.13. The molecule has 9 heavy (non-hydrogen) atoms. The minimum Gasteiger partial charge on any atom is -0.478 e. The van der Waals surface area contributed by atoms with Gasteiger partial charge in [0.25, 0.3) is 0 Å². The van der Waals surface area contributed by atoms with Crippen molar-refractivity contribution >= 4 is 17.3 Å². The summed E-state index contributed by atoms with van der Waals surface area (Å²) in [6.07, 6.45) is 0. The predicted molar refractivity (Wildman–Crippen MR) is 31.4 cm³/mol. The van der Waals surface area contributed by atoms with Crippen molar-refractivity contribution in [2.24, 2.45) is 0 Å². The molecule has 3 nitrogen and oxygen atoms in total. The number of carbonyl (C=O) groups is 1. The number of thiophene rings is 1. The molecule has 4 heteroatoms. The normalized spacial score (nSPS) is 9.33. The molecule has 1 radical (unpaired) electrons. The fraction of sp³-hybridized carbons (Fsp3) is 0. The van der Waals surface area contributed by atoms with Crippen molar-refractivity contribution < 1.29 is 15.0 Å². The molecular formula is C5H3O3S. The maximum absolute atomic E-state index is 10.5. The molecule has 0 aliphatic carbocycles. The fourth-order valence-corrected chi connectivity index (χ4v) is 1.06. The van der Waals surface area contributed by atoms with Crippen molar-refractivity contribution in [3.05, 3.63) is 17.0 Å². The third-order valence-corrected chi connectivity index (χ3v) is 1.57. The second-order valence-corrected chi connectivity index (χ2v) is 2.31. The van der Waals surface area contributed by atoms with Crippen LogP contribution in [-0.2, 0) is 5.11 Å². The standard InChI is InChI=1S/C5H3O3S/c6-4(7)3-1-2-9-5(3)8/h1-2H,(H,6,7). The zero-order valence-corrected chi connectivity index (χ0v) is 5.14. The van der Waals surface area contributed by atoms with Crippen LogP contribution in [0.3, 0.4) is 0 Å². The summed E-state index contributed by atoms with van der Waals surface area (Å²) >= 11 is 0.896. The molecule has 47 valence electrons. The maximum Gasteiger partial charge on any atom is 0.340 e. The van der Waals surface area contributed by atoms with Crippen molar-refractivity contribution in [2.45, 2.75) is 0 Å². The number of aromatic carboxylic acids is 1. The first kappa shape index (κ1) is 6.10. The summed E-state index contributed by atoms with van der Waals surface area (Å²) in [5.74, 6) is -1.15. The van der Waals surface area contributed by atoms with E-state index in [-0.39, 0.29) is 10.6 Å². The van der Waals surface area contributed by atoms with Crippen LogP contribution in [0.5, 0.6) is 5.06 Å². The molecule has 0 aliphatic rings. The third-order valence-electron chi connectivity index (χ3n) is 0.860. The third kappa shape index (κ3) is 1.02. The highest BCUT2D eigenvalue weighted by atomic mass is 32.1. The zero-order chi connectivity index (χ0) is 6.85. The van der Waals surface area contributed by atoms with Gasteiger partial charge in [0.15, 0.2) is 0 Å². The lowest BCUT2D eigenvalue weighted by Gasteiger charge is -1.82. The van der Waals surface area contributed by atoms with Gasteiger partial charge in [0.05, 0.1) is 0 Å². The van der Waals surface area contributed by atoms with E-state index in [0.29, 0.717) is 0 Å². The van der Waals surface area contributed by atoms with Crippen molar-refractivity contribution in [3.63, 3.8) is 0 Å². The Morgan fingerprint density at radius 3 is 2.56 bits per heavy atom. The van der Waals surface area contributed by atoms with Crippen molar-refractivity contribution in [1.29, 1.82) is 0 Å². The van der Waals surface area contributed by atoms with Gasteiger partial charge in [0, 0.05) is 0 Å². The van der Waals surface area contributed by atoms with Gasteiger partial charge in [-0.05, 0) is 11.4 Å². The van der Waals surface area contributed by atoms with E-state index in [1.165, 1.54) is 11.4 Å². The first-order valence-electron chi connectivity index (χ1n) is 2.19. The molecule has 0 aromatic carbocycles. The predicted octanol–water partition coefficient (Wildman–Crippen LogP) is 1.59. The summed E-state index contributed by atoms with van der Waals surface area (Å²) in [4.78, 5) is 10.1. The summed E-state index contributed by atoms with van der Waals surface area (Å²) in [7, 11) is 0. The second-order valence-electron chi connectivity index (χ2n) is 1.43. The maximum atomic E-state index is 10.5. The average molecular weight is 143 g/mol.